The van der Waals surface area contributed by atoms with Gasteiger partial charge >= 0.3 is 0 Å². The maximum atomic E-state index is 2.52. The van der Waals surface area contributed by atoms with E-state index in [2.05, 4.69) is 561 Å². The van der Waals surface area contributed by atoms with Crippen LogP contribution in [0, 0.1) is 69.2 Å². The lowest BCUT2D eigenvalue weighted by Crippen LogP contribution is -2.61. The Bertz CT molecular complexity index is 9070. The number of rotatable bonds is 9. The molecule has 0 spiro atoms. The zero-order chi connectivity index (χ0) is 99.3. The average molecular weight is 1900 g/mol. The van der Waals surface area contributed by atoms with Crippen LogP contribution in [-0.4, -0.2) is 33.8 Å². The van der Waals surface area contributed by atoms with E-state index in [1.165, 1.54) is 250 Å². The molecule has 12 heteroatoms. The highest BCUT2D eigenvalue weighted by atomic mass is 15.2. The molecule has 0 fully saturated rings. The van der Waals surface area contributed by atoms with Crippen LogP contribution in [0.25, 0.3) is 82.5 Å². The molecule has 9 heterocycles. The molecular weight excluding hydrogens is 1790 g/mol. The van der Waals surface area contributed by atoms with Crippen molar-refractivity contribution in [3.05, 3.63) is 505 Å². The zero-order valence-corrected chi connectivity index (χ0v) is 84.5. The second kappa shape index (κ2) is 34.4. The van der Waals surface area contributed by atoms with Gasteiger partial charge in [0.2, 0.25) is 0 Å². The molecule has 148 heavy (non-hydrogen) atoms. The van der Waals surface area contributed by atoms with Crippen molar-refractivity contribution in [3.8, 4) is 17.1 Å². The van der Waals surface area contributed by atoms with E-state index >= 15 is 0 Å². The van der Waals surface area contributed by atoms with Gasteiger partial charge in [-0.15, -0.1) is 0 Å². The van der Waals surface area contributed by atoms with Gasteiger partial charge in [0.05, 0.1) is 50.2 Å². The minimum atomic E-state index is 0.0793. The topological polar surface area (TPSA) is 34.2 Å². The molecule has 3 aromatic heterocycles. The maximum Gasteiger partial charge on any atom is 0.252 e. The van der Waals surface area contributed by atoms with Gasteiger partial charge in [0.25, 0.3) is 20.1 Å². The number of aromatic nitrogens is 3. The molecule has 30 rings (SSSR count). The van der Waals surface area contributed by atoms with Crippen molar-refractivity contribution in [1.82, 2.24) is 13.7 Å². The van der Waals surface area contributed by atoms with Crippen LogP contribution >= 0.6 is 0 Å². The SMILES string of the molecule is Cc1ccc(N2c3ccc(C)cc3B3c4cc(C)ccc4N(c4ccc(C)cc4)c4cc(-n5c6ccc(C)cc6c6cc(C)ccc65)cc2c43)cc1.Cc1ccc(N2c3ccc(C)cc3B3c4cc(C)ccc4N(c4ccc(C)cc4)c4cc(-n5c6ccccc6c6ccccc65)cc2c43)cc1.c1ccc(N2c3ccccc3B3c4ccccc4N(c4ccccc4)c4cc(-n5c6ccccc6c6ccccc65)cc2c43)cc1. The van der Waals surface area contributed by atoms with E-state index in [-0.39, 0.29) is 20.1 Å². The summed E-state index contributed by atoms with van der Waals surface area (Å²) in [7, 11) is 0. The van der Waals surface area contributed by atoms with Crippen molar-refractivity contribution in [2.24, 2.45) is 0 Å². The zero-order valence-electron chi connectivity index (χ0n) is 84.5. The van der Waals surface area contributed by atoms with Gasteiger partial charge in [-0.05, 0) is 313 Å². The minimum absolute atomic E-state index is 0.0793. The summed E-state index contributed by atoms with van der Waals surface area (Å²) in [5.74, 6) is 0. The van der Waals surface area contributed by atoms with Gasteiger partial charge in [-0.1, -0.05) is 310 Å². The highest BCUT2D eigenvalue weighted by molar-refractivity contribution is 7.02. The van der Waals surface area contributed by atoms with Gasteiger partial charge < -0.3 is 43.1 Å². The van der Waals surface area contributed by atoms with Crippen molar-refractivity contribution in [1.29, 1.82) is 0 Å². The molecule has 702 valence electrons. The third-order valence-corrected chi connectivity index (χ3v) is 31.8. The number of nitrogens with zero attached hydrogens (tertiary/aromatic N) is 9. The third-order valence-electron chi connectivity index (χ3n) is 31.8. The number of hydrogen-bond donors (Lipinski definition) is 0. The van der Waals surface area contributed by atoms with Crippen LogP contribution < -0.4 is 78.6 Å². The van der Waals surface area contributed by atoms with Crippen molar-refractivity contribution in [2.45, 2.75) is 69.2 Å². The molecule has 0 aliphatic carbocycles. The molecule has 24 aromatic rings. The Kier molecular flexibility index (Phi) is 20.4. The van der Waals surface area contributed by atoms with E-state index in [1.54, 1.807) is 0 Å². The molecule has 0 unspecified atom stereocenters. The van der Waals surface area contributed by atoms with Crippen LogP contribution in [0.3, 0.4) is 0 Å². The Morgan fingerprint density at radius 1 is 0.128 bits per heavy atom. The Labute approximate surface area is 864 Å². The Hall–Kier alpha value is -18.0. The average Bonchev–Trinajstić information content (AvgIpc) is 0.837. The summed E-state index contributed by atoms with van der Waals surface area (Å²) in [6, 6.07) is 167. The summed E-state index contributed by atoms with van der Waals surface area (Å²) in [6.45, 7) is 22.2. The van der Waals surface area contributed by atoms with Crippen LogP contribution in [0.1, 0.15) is 55.6 Å². The summed E-state index contributed by atoms with van der Waals surface area (Å²) < 4.78 is 7.40. The number of hydrogen-bond acceptors (Lipinski definition) is 6. The van der Waals surface area contributed by atoms with E-state index in [0.717, 1.165) is 39.8 Å². The van der Waals surface area contributed by atoms with Crippen molar-refractivity contribution in [3.63, 3.8) is 0 Å². The quantitative estimate of drug-likeness (QED) is 0.134. The number of aryl methyl sites for hydroxylation is 10. The number of anilines is 18. The Morgan fingerprint density at radius 3 is 0.595 bits per heavy atom. The van der Waals surface area contributed by atoms with Crippen LogP contribution in [-0.2, 0) is 0 Å². The second-order valence-corrected chi connectivity index (χ2v) is 41.5. The molecule has 0 bridgehead atoms. The Balaban J connectivity index is 0.000000107. The highest BCUT2D eigenvalue weighted by Crippen LogP contribution is 2.53. The molecular formula is C136H104B3N9. The predicted octanol–water partition coefficient (Wildman–Crippen LogP) is 29.7. The van der Waals surface area contributed by atoms with E-state index in [4.69, 9.17) is 0 Å². The van der Waals surface area contributed by atoms with Crippen LogP contribution in [0.5, 0.6) is 0 Å². The van der Waals surface area contributed by atoms with Crippen molar-refractivity contribution in [2.75, 3.05) is 29.4 Å². The maximum absolute atomic E-state index is 2.52. The molecule has 0 saturated heterocycles. The smallest absolute Gasteiger partial charge is 0.252 e. The van der Waals surface area contributed by atoms with Crippen LogP contribution in [0.4, 0.5) is 102 Å². The van der Waals surface area contributed by atoms with Gasteiger partial charge in [0, 0.05) is 135 Å². The first-order valence-electron chi connectivity index (χ1n) is 51.8. The fraction of sp³-hybridized carbons (Fsp3) is 0.0735. The summed E-state index contributed by atoms with van der Waals surface area (Å²) >= 11 is 0. The summed E-state index contributed by atoms with van der Waals surface area (Å²) in [4.78, 5) is 15.0. The molecule has 6 aliphatic rings. The predicted molar refractivity (Wildman–Crippen MR) is 632 cm³/mol. The van der Waals surface area contributed by atoms with Gasteiger partial charge in [0.1, 0.15) is 0 Å². The molecule has 9 nitrogen and oxygen atoms in total. The molecule has 21 aromatic carbocycles. The molecule has 0 amide bonds. The molecule has 0 N–H and O–H groups in total. The van der Waals surface area contributed by atoms with Crippen LogP contribution in [0.2, 0.25) is 0 Å². The fourth-order valence-corrected chi connectivity index (χ4v) is 25.3. The van der Waals surface area contributed by atoms with E-state index in [9.17, 15) is 0 Å². The summed E-state index contributed by atoms with van der Waals surface area (Å²) in [5, 5.41) is 7.63. The van der Waals surface area contributed by atoms with E-state index < -0.39 is 0 Å². The van der Waals surface area contributed by atoms with E-state index in [1.807, 2.05) is 0 Å². The largest absolute Gasteiger partial charge is 0.311 e. The lowest BCUT2D eigenvalue weighted by atomic mass is 9.33. The monoisotopic (exact) mass is 1900 g/mol. The van der Waals surface area contributed by atoms with E-state index in [0.29, 0.717) is 0 Å². The summed E-state index contributed by atoms with van der Waals surface area (Å²) in [6.07, 6.45) is 0. The lowest BCUT2D eigenvalue weighted by Gasteiger charge is -2.44. The number of para-hydroxylation sites is 8. The Morgan fingerprint density at radius 2 is 0.324 bits per heavy atom. The van der Waals surface area contributed by atoms with Crippen LogP contribution in [0.15, 0.2) is 449 Å². The van der Waals surface area contributed by atoms with Crippen molar-refractivity contribution < 1.29 is 0 Å². The van der Waals surface area contributed by atoms with Gasteiger partial charge in [0.15, 0.2) is 0 Å². The van der Waals surface area contributed by atoms with Gasteiger partial charge in [-0.3, -0.25) is 0 Å². The standard InChI is InChI=1S/C48H40BN3.C46H36BN3.C42H28BN3/c1-29-7-15-35(16-8-29)50-44-21-13-33(5)25-40(44)49-41-26-34(6)14-22-45(41)51(36-17-9-30(2)10-18-36)47-28-37(27-46(50)48(47)49)52-42-19-11-31(3)23-38(42)39-24-32(4)12-20-43(39)52;1-29-13-19-33(20-14-29)48-42-23-17-31(3)25-38(42)47-39-26-32(4)18-24-43(39)49(34-21-15-30(2)16-22-34)45-28-35(27-44(48)46(45)47)50-40-11-7-5-9-36(40)37-10-6-8-12-41(37)50;1-3-15-29(16-4-1)44-38-25-13-9-21-34(38)43-35-22-10-14-26-39(35)45(30-17-5-2-6-18-30)41-28-31(27-40(44)42(41)43)46-36-23-11-7-19-32(36)33-20-8-12-24-37(33)46/h7-28H,1-6H3;5-28H,1-4H3;1-28H. The first-order valence-corrected chi connectivity index (χ1v) is 51.8. The number of fused-ring (bicyclic) bond motifs is 21. The normalized spacial score (nSPS) is 13.1. The van der Waals surface area contributed by atoms with Gasteiger partial charge in [-0.2, -0.15) is 0 Å². The summed E-state index contributed by atoms with van der Waals surface area (Å²) in [5.41, 5.74) is 57.0. The van der Waals surface area contributed by atoms with Gasteiger partial charge in [-0.25, -0.2) is 0 Å². The minimum Gasteiger partial charge on any atom is -0.311 e. The highest BCUT2D eigenvalue weighted by Gasteiger charge is 2.49. The molecule has 0 radical (unpaired) electrons. The molecule has 0 atom stereocenters. The lowest BCUT2D eigenvalue weighted by molar-refractivity contribution is 1.16. The third kappa shape index (κ3) is 13.9. The first-order chi connectivity index (χ1) is 72.5. The molecule has 0 saturated carbocycles. The fourth-order valence-electron chi connectivity index (χ4n) is 25.3. The number of benzene rings is 21. The second-order valence-electron chi connectivity index (χ2n) is 41.5. The van der Waals surface area contributed by atoms with Crippen molar-refractivity contribution >= 4 is 237 Å². The molecule has 6 aliphatic heterocycles. The first kappa shape index (κ1) is 87.8.